The molecule has 1 rings (SSSR count). The van der Waals surface area contributed by atoms with E-state index >= 15 is 0 Å². The molecule has 0 heterocycles. The number of methoxy groups -OCH3 is 1. The molecule has 1 atom stereocenters. The van der Waals surface area contributed by atoms with Gasteiger partial charge in [0.1, 0.15) is 5.75 Å². The molecule has 0 bridgehead atoms. The molecule has 1 aromatic rings. The van der Waals surface area contributed by atoms with Crippen molar-refractivity contribution in [1.29, 1.82) is 0 Å². The van der Waals surface area contributed by atoms with Crippen molar-refractivity contribution in [2.75, 3.05) is 13.4 Å². The third kappa shape index (κ3) is 2.50. The summed E-state index contributed by atoms with van der Waals surface area (Å²) in [5.41, 5.74) is 0. The van der Waals surface area contributed by atoms with E-state index in [4.69, 9.17) is 4.74 Å². The summed E-state index contributed by atoms with van der Waals surface area (Å²) in [5, 5.41) is 0.445. The highest BCUT2D eigenvalue weighted by molar-refractivity contribution is 8.58. The summed E-state index contributed by atoms with van der Waals surface area (Å²) in [6.07, 6.45) is 1.62. The minimum Gasteiger partial charge on any atom is -0.497 e. The lowest BCUT2D eigenvalue weighted by Gasteiger charge is -2.08. The van der Waals surface area contributed by atoms with Gasteiger partial charge in [-0.1, -0.05) is 11.4 Å². The molecule has 1 unspecified atom stereocenters. The van der Waals surface area contributed by atoms with Gasteiger partial charge in [0.15, 0.2) is 0 Å². The zero-order valence-electron chi connectivity index (χ0n) is 7.43. The highest BCUT2D eigenvalue weighted by atomic mass is 32.7. The van der Waals surface area contributed by atoms with E-state index in [1.807, 2.05) is 0 Å². The molecule has 0 saturated carbocycles. The molecular formula is C8H11O3PS. The minimum absolute atomic E-state index is 0.445. The van der Waals surface area contributed by atoms with Gasteiger partial charge in [0.05, 0.1) is 7.11 Å². The van der Waals surface area contributed by atoms with E-state index in [1.54, 1.807) is 37.6 Å². The molecule has 3 nitrogen and oxygen atoms in total. The molecule has 0 radical (unpaired) electrons. The predicted molar refractivity (Wildman–Crippen MR) is 56.0 cm³/mol. The van der Waals surface area contributed by atoms with Crippen molar-refractivity contribution in [3.63, 3.8) is 0 Å². The molecule has 0 spiro atoms. The average Bonchev–Trinajstić information content (AvgIpc) is 2.18. The lowest BCUT2D eigenvalue weighted by atomic mass is 10.3. The summed E-state index contributed by atoms with van der Waals surface area (Å²) >= 11 is 0.964. The average molecular weight is 218 g/mol. The maximum atomic E-state index is 11.5. The van der Waals surface area contributed by atoms with Crippen molar-refractivity contribution in [1.82, 2.24) is 0 Å². The molecule has 5 heteroatoms. The smallest absolute Gasteiger partial charge is 0.284 e. The fraction of sp³-hybridized carbons (Fsp3) is 0.250. The van der Waals surface area contributed by atoms with Crippen LogP contribution in [0.5, 0.6) is 5.75 Å². The highest BCUT2D eigenvalue weighted by Gasteiger charge is 2.18. The molecule has 0 saturated heterocycles. The second-order valence-electron chi connectivity index (χ2n) is 2.40. The van der Waals surface area contributed by atoms with E-state index < -0.39 is 6.57 Å². The number of benzene rings is 1. The molecule has 0 aliphatic rings. The minimum atomic E-state index is -3.20. The molecule has 0 amide bonds. The first-order valence-electron chi connectivity index (χ1n) is 3.63. The Morgan fingerprint density at radius 2 is 1.92 bits per heavy atom. The molecule has 1 N–H and O–H groups in total. The van der Waals surface area contributed by atoms with Crippen LogP contribution in [0.4, 0.5) is 0 Å². The van der Waals surface area contributed by atoms with Crippen LogP contribution in [-0.2, 0) is 4.57 Å². The molecule has 0 fully saturated rings. The second kappa shape index (κ2) is 4.18. The van der Waals surface area contributed by atoms with Crippen LogP contribution < -0.4 is 10.0 Å². The fourth-order valence-electron chi connectivity index (χ4n) is 0.876. The number of ether oxygens (including phenoxy) is 1. The highest BCUT2D eigenvalue weighted by Crippen LogP contribution is 2.51. The third-order valence-electron chi connectivity index (χ3n) is 1.65. The first kappa shape index (κ1) is 10.6. The van der Waals surface area contributed by atoms with Crippen LogP contribution >= 0.6 is 18.0 Å². The van der Waals surface area contributed by atoms with Gasteiger partial charge in [0, 0.05) is 5.30 Å². The maximum Gasteiger partial charge on any atom is 0.284 e. The van der Waals surface area contributed by atoms with Crippen molar-refractivity contribution in [2.45, 2.75) is 0 Å². The Morgan fingerprint density at radius 3 is 2.31 bits per heavy atom. The first-order chi connectivity index (χ1) is 6.10. The second-order valence-corrected chi connectivity index (χ2v) is 6.90. The normalized spacial score (nSPS) is 15.0. The molecule has 1 aromatic carbocycles. The Labute approximate surface area is 81.3 Å². The van der Waals surface area contributed by atoms with Crippen LogP contribution in [0, 0.1) is 0 Å². The molecule has 0 aliphatic heterocycles. The fourth-order valence-corrected chi connectivity index (χ4v) is 2.61. The zero-order chi connectivity index (χ0) is 9.90. The summed E-state index contributed by atoms with van der Waals surface area (Å²) in [7, 11) is 1.56. The van der Waals surface area contributed by atoms with Crippen LogP contribution in [0.1, 0.15) is 0 Å². The van der Waals surface area contributed by atoms with E-state index in [0.29, 0.717) is 11.1 Å². The Balaban J connectivity index is 2.99. The molecule has 0 aromatic heterocycles. The molecule has 72 valence electrons. The van der Waals surface area contributed by atoms with E-state index in [9.17, 15) is 9.46 Å². The monoisotopic (exact) mass is 218 g/mol. The van der Waals surface area contributed by atoms with E-state index in [-0.39, 0.29) is 0 Å². The Bertz CT molecular complexity index is 323. The molecule has 13 heavy (non-hydrogen) atoms. The largest absolute Gasteiger partial charge is 0.497 e. The summed E-state index contributed by atoms with van der Waals surface area (Å²) < 4.78 is 16.4. The Hall–Kier alpha value is -0.440. The summed E-state index contributed by atoms with van der Waals surface area (Å²) in [6, 6.07) is 6.56. The van der Waals surface area contributed by atoms with Crippen molar-refractivity contribution >= 4 is 23.3 Å². The van der Waals surface area contributed by atoms with Gasteiger partial charge in [-0.2, -0.15) is 0 Å². The van der Waals surface area contributed by atoms with E-state index in [2.05, 4.69) is 0 Å². The van der Waals surface area contributed by atoms with Crippen LogP contribution in [-0.4, -0.2) is 18.3 Å². The topological polar surface area (TPSA) is 46.5 Å². The van der Waals surface area contributed by atoms with Gasteiger partial charge in [-0.3, -0.25) is 4.57 Å². The zero-order valence-corrected chi connectivity index (χ0v) is 9.14. The summed E-state index contributed by atoms with van der Waals surface area (Å²) in [5.74, 6) is 0.685. The van der Waals surface area contributed by atoms with Crippen molar-refractivity contribution in [3.05, 3.63) is 24.3 Å². The number of rotatable bonds is 3. The molecular weight excluding hydrogens is 207 g/mol. The van der Waals surface area contributed by atoms with Crippen LogP contribution in [0.2, 0.25) is 0 Å². The van der Waals surface area contributed by atoms with Crippen molar-refractivity contribution in [2.24, 2.45) is 0 Å². The van der Waals surface area contributed by atoms with Gasteiger partial charge < -0.3 is 9.63 Å². The lowest BCUT2D eigenvalue weighted by molar-refractivity contribution is 0.415. The summed E-state index contributed by atoms with van der Waals surface area (Å²) in [6.45, 7) is -3.20. The van der Waals surface area contributed by atoms with Gasteiger partial charge >= 0.3 is 0 Å². The maximum absolute atomic E-state index is 11.5. The quantitative estimate of drug-likeness (QED) is 0.787. The van der Waals surface area contributed by atoms with Gasteiger partial charge in [-0.05, 0) is 30.5 Å². The van der Waals surface area contributed by atoms with Gasteiger partial charge in [-0.25, -0.2) is 0 Å². The summed E-state index contributed by atoms with van der Waals surface area (Å²) in [4.78, 5) is 9.44. The Kier molecular flexibility index (Phi) is 3.42. The van der Waals surface area contributed by atoms with Crippen LogP contribution in [0.3, 0.4) is 0 Å². The number of hydrogen-bond donors (Lipinski definition) is 1. The van der Waals surface area contributed by atoms with Crippen molar-refractivity contribution in [3.8, 4) is 5.75 Å². The predicted octanol–water partition coefficient (Wildman–Crippen LogP) is 1.87. The SMILES string of the molecule is COc1ccc(P(=O)(O)SC)cc1. The van der Waals surface area contributed by atoms with Gasteiger partial charge in [-0.15, -0.1) is 0 Å². The van der Waals surface area contributed by atoms with Crippen LogP contribution in [0.25, 0.3) is 0 Å². The lowest BCUT2D eigenvalue weighted by Crippen LogP contribution is -2.00. The molecule has 0 aliphatic carbocycles. The Morgan fingerprint density at radius 1 is 1.38 bits per heavy atom. The van der Waals surface area contributed by atoms with Gasteiger partial charge in [0.25, 0.3) is 6.57 Å². The number of hydrogen-bond acceptors (Lipinski definition) is 3. The van der Waals surface area contributed by atoms with Crippen LogP contribution in [0.15, 0.2) is 24.3 Å². The van der Waals surface area contributed by atoms with Crippen molar-refractivity contribution < 1.29 is 14.2 Å². The van der Waals surface area contributed by atoms with Gasteiger partial charge in [0.2, 0.25) is 0 Å². The standard InChI is InChI=1S/C8H11O3PS/c1-11-7-3-5-8(6-4-7)12(9,10)13-2/h3-6H,1-2H3,(H,9,10). The van der Waals surface area contributed by atoms with E-state index in [1.165, 1.54) is 0 Å². The first-order valence-corrected chi connectivity index (χ1v) is 7.12. The van der Waals surface area contributed by atoms with E-state index in [0.717, 1.165) is 11.4 Å². The third-order valence-corrected chi connectivity index (χ3v) is 5.21.